The van der Waals surface area contributed by atoms with Gasteiger partial charge in [0.15, 0.2) is 0 Å². The third kappa shape index (κ3) is 2.86. The van der Waals surface area contributed by atoms with Gasteiger partial charge in [-0.2, -0.15) is 0 Å². The lowest BCUT2D eigenvalue weighted by Crippen LogP contribution is -2.05. The van der Waals surface area contributed by atoms with E-state index < -0.39 is 0 Å². The second-order valence-electron chi connectivity index (χ2n) is 4.89. The van der Waals surface area contributed by atoms with E-state index in [2.05, 4.69) is 42.9 Å². The first-order valence-corrected chi connectivity index (χ1v) is 6.24. The standard InChI is InChI=1S/C15H19N3/c1-10(2)13-9-14(16)18-15(17-13)8-12-7-5-4-6-11(12)3/h4-7,9-10H,8H2,1-3H3,(H2,16,17,18). The van der Waals surface area contributed by atoms with Crippen molar-refractivity contribution in [2.45, 2.75) is 33.1 Å². The number of hydrogen-bond acceptors (Lipinski definition) is 3. The molecule has 0 atom stereocenters. The molecule has 2 aromatic rings. The summed E-state index contributed by atoms with van der Waals surface area (Å²) in [5.41, 5.74) is 9.35. The van der Waals surface area contributed by atoms with E-state index in [0.717, 1.165) is 17.9 Å². The average molecular weight is 241 g/mol. The summed E-state index contributed by atoms with van der Waals surface area (Å²) in [5.74, 6) is 1.72. The topological polar surface area (TPSA) is 51.8 Å². The number of hydrogen-bond donors (Lipinski definition) is 1. The van der Waals surface area contributed by atoms with Gasteiger partial charge in [0, 0.05) is 18.2 Å². The molecule has 2 N–H and O–H groups in total. The summed E-state index contributed by atoms with van der Waals surface area (Å²) in [6, 6.07) is 10.1. The molecule has 0 unspecified atom stereocenters. The summed E-state index contributed by atoms with van der Waals surface area (Å²) in [6.45, 7) is 6.32. The summed E-state index contributed by atoms with van der Waals surface area (Å²) in [4.78, 5) is 8.90. The van der Waals surface area contributed by atoms with Crippen LogP contribution in [0.4, 0.5) is 5.82 Å². The first kappa shape index (κ1) is 12.6. The van der Waals surface area contributed by atoms with Crippen molar-refractivity contribution in [1.29, 1.82) is 0 Å². The highest BCUT2D eigenvalue weighted by Crippen LogP contribution is 2.16. The number of nitrogens with zero attached hydrogens (tertiary/aromatic N) is 2. The molecule has 0 aliphatic rings. The molecule has 0 spiro atoms. The molecule has 0 radical (unpaired) electrons. The monoisotopic (exact) mass is 241 g/mol. The number of nitrogen functional groups attached to an aromatic ring is 1. The number of benzene rings is 1. The molecule has 94 valence electrons. The maximum atomic E-state index is 5.84. The molecule has 0 saturated carbocycles. The van der Waals surface area contributed by atoms with Crippen LogP contribution < -0.4 is 5.73 Å². The Morgan fingerprint density at radius 1 is 1.17 bits per heavy atom. The normalized spacial score (nSPS) is 10.9. The Labute approximate surface area is 108 Å². The van der Waals surface area contributed by atoms with Crippen LogP contribution in [0.5, 0.6) is 0 Å². The Hall–Kier alpha value is -1.90. The lowest BCUT2D eigenvalue weighted by atomic mass is 10.1. The van der Waals surface area contributed by atoms with Crippen LogP contribution in [0.25, 0.3) is 0 Å². The Morgan fingerprint density at radius 2 is 1.89 bits per heavy atom. The van der Waals surface area contributed by atoms with Crippen molar-refractivity contribution in [3.63, 3.8) is 0 Å². The summed E-state index contributed by atoms with van der Waals surface area (Å²) < 4.78 is 0. The molecular formula is C15H19N3. The summed E-state index contributed by atoms with van der Waals surface area (Å²) in [7, 11) is 0. The molecule has 0 amide bonds. The van der Waals surface area contributed by atoms with Gasteiger partial charge in [0.05, 0.1) is 0 Å². The van der Waals surface area contributed by atoms with E-state index in [4.69, 9.17) is 5.73 Å². The zero-order chi connectivity index (χ0) is 13.1. The first-order chi connectivity index (χ1) is 8.56. The Balaban J connectivity index is 2.32. The van der Waals surface area contributed by atoms with Crippen LogP contribution in [0, 0.1) is 6.92 Å². The van der Waals surface area contributed by atoms with Crippen LogP contribution in [0.3, 0.4) is 0 Å². The van der Waals surface area contributed by atoms with Crippen molar-refractivity contribution >= 4 is 5.82 Å². The highest BCUT2D eigenvalue weighted by atomic mass is 14.9. The van der Waals surface area contributed by atoms with Crippen molar-refractivity contribution < 1.29 is 0 Å². The van der Waals surface area contributed by atoms with Crippen LogP contribution in [-0.2, 0) is 6.42 Å². The fourth-order valence-corrected chi connectivity index (χ4v) is 1.89. The smallest absolute Gasteiger partial charge is 0.135 e. The third-order valence-electron chi connectivity index (χ3n) is 3.01. The van der Waals surface area contributed by atoms with Gasteiger partial charge in [0.2, 0.25) is 0 Å². The largest absolute Gasteiger partial charge is 0.384 e. The molecule has 0 bridgehead atoms. The van der Waals surface area contributed by atoms with Gasteiger partial charge in [-0.05, 0) is 24.0 Å². The van der Waals surface area contributed by atoms with Gasteiger partial charge >= 0.3 is 0 Å². The second-order valence-corrected chi connectivity index (χ2v) is 4.89. The van der Waals surface area contributed by atoms with Crippen molar-refractivity contribution in [2.75, 3.05) is 5.73 Å². The summed E-state index contributed by atoms with van der Waals surface area (Å²) >= 11 is 0. The van der Waals surface area contributed by atoms with Crippen molar-refractivity contribution in [3.05, 3.63) is 53.0 Å². The maximum absolute atomic E-state index is 5.84. The molecule has 0 saturated heterocycles. The van der Waals surface area contributed by atoms with Gasteiger partial charge in [-0.25, -0.2) is 9.97 Å². The zero-order valence-corrected chi connectivity index (χ0v) is 11.1. The van der Waals surface area contributed by atoms with Crippen molar-refractivity contribution in [2.24, 2.45) is 0 Å². The lowest BCUT2D eigenvalue weighted by Gasteiger charge is -2.09. The van der Waals surface area contributed by atoms with Gasteiger partial charge in [-0.15, -0.1) is 0 Å². The van der Waals surface area contributed by atoms with Crippen LogP contribution in [0.2, 0.25) is 0 Å². The van der Waals surface area contributed by atoms with E-state index in [9.17, 15) is 0 Å². The summed E-state index contributed by atoms with van der Waals surface area (Å²) in [6.07, 6.45) is 0.734. The molecule has 2 rings (SSSR count). The molecule has 3 nitrogen and oxygen atoms in total. The molecule has 1 aromatic heterocycles. The van der Waals surface area contributed by atoms with E-state index in [0.29, 0.717) is 11.7 Å². The van der Waals surface area contributed by atoms with Gasteiger partial charge in [-0.3, -0.25) is 0 Å². The number of aryl methyl sites for hydroxylation is 1. The molecule has 0 aliphatic heterocycles. The molecule has 3 heteroatoms. The van der Waals surface area contributed by atoms with Crippen LogP contribution >= 0.6 is 0 Å². The lowest BCUT2D eigenvalue weighted by molar-refractivity contribution is 0.793. The predicted octanol–water partition coefficient (Wildman–Crippen LogP) is 3.08. The molecular weight excluding hydrogens is 222 g/mol. The van der Waals surface area contributed by atoms with Gasteiger partial charge in [-0.1, -0.05) is 38.1 Å². The maximum Gasteiger partial charge on any atom is 0.135 e. The first-order valence-electron chi connectivity index (χ1n) is 6.24. The number of nitrogens with two attached hydrogens (primary N) is 1. The number of rotatable bonds is 3. The van der Waals surface area contributed by atoms with Crippen molar-refractivity contribution in [1.82, 2.24) is 9.97 Å². The van der Waals surface area contributed by atoms with E-state index in [-0.39, 0.29) is 0 Å². The Morgan fingerprint density at radius 3 is 2.56 bits per heavy atom. The quantitative estimate of drug-likeness (QED) is 0.898. The number of anilines is 1. The van der Waals surface area contributed by atoms with Crippen LogP contribution in [-0.4, -0.2) is 9.97 Å². The van der Waals surface area contributed by atoms with E-state index in [1.54, 1.807) is 0 Å². The average Bonchev–Trinajstić information content (AvgIpc) is 2.31. The minimum atomic E-state index is 0.367. The van der Waals surface area contributed by atoms with Gasteiger partial charge in [0.25, 0.3) is 0 Å². The van der Waals surface area contributed by atoms with Gasteiger partial charge in [0.1, 0.15) is 11.6 Å². The van der Waals surface area contributed by atoms with E-state index >= 15 is 0 Å². The molecule has 0 fully saturated rings. The SMILES string of the molecule is Cc1ccccc1Cc1nc(N)cc(C(C)C)n1. The highest BCUT2D eigenvalue weighted by molar-refractivity contribution is 5.34. The third-order valence-corrected chi connectivity index (χ3v) is 3.01. The van der Waals surface area contributed by atoms with E-state index in [1.807, 2.05) is 18.2 Å². The fraction of sp³-hybridized carbons (Fsp3) is 0.333. The Bertz CT molecular complexity index is 547. The predicted molar refractivity (Wildman–Crippen MR) is 74.5 cm³/mol. The molecule has 1 aromatic carbocycles. The van der Waals surface area contributed by atoms with Crippen LogP contribution in [0.15, 0.2) is 30.3 Å². The van der Waals surface area contributed by atoms with Gasteiger partial charge < -0.3 is 5.73 Å². The van der Waals surface area contributed by atoms with Crippen molar-refractivity contribution in [3.8, 4) is 0 Å². The molecule has 0 aliphatic carbocycles. The number of aromatic nitrogens is 2. The fourth-order valence-electron chi connectivity index (χ4n) is 1.89. The molecule has 18 heavy (non-hydrogen) atoms. The minimum Gasteiger partial charge on any atom is -0.384 e. The second kappa shape index (κ2) is 5.17. The molecule has 1 heterocycles. The van der Waals surface area contributed by atoms with E-state index in [1.165, 1.54) is 11.1 Å². The Kier molecular flexibility index (Phi) is 3.60. The minimum absolute atomic E-state index is 0.367. The zero-order valence-electron chi connectivity index (χ0n) is 11.1. The summed E-state index contributed by atoms with van der Waals surface area (Å²) in [5, 5.41) is 0. The van der Waals surface area contributed by atoms with Crippen LogP contribution in [0.1, 0.15) is 42.4 Å². The highest BCUT2D eigenvalue weighted by Gasteiger charge is 2.08.